The van der Waals surface area contributed by atoms with Crippen molar-refractivity contribution in [2.75, 3.05) is 13.1 Å². The van der Waals surface area contributed by atoms with Gasteiger partial charge in [-0.1, -0.05) is 181 Å². The van der Waals surface area contributed by atoms with Crippen LogP contribution in [0.2, 0.25) is 0 Å². The van der Waals surface area contributed by atoms with Gasteiger partial charge in [0, 0.05) is 18.4 Å². The molecule has 0 aromatic heterocycles. The molecule has 0 aliphatic carbocycles. The Morgan fingerprint density at radius 3 is 1.00 bits per heavy atom. The van der Waals surface area contributed by atoms with Gasteiger partial charge in [0.05, 0.1) is 0 Å². The Kier molecular flexibility index (Phi) is 39.2. The summed E-state index contributed by atoms with van der Waals surface area (Å²) in [6.07, 6.45) is 38.0. The molecule has 234 valence electrons. The smallest absolute Gasteiger partial charge is 0.550 e. The second kappa shape index (κ2) is 36.3. The van der Waals surface area contributed by atoms with Gasteiger partial charge in [0.15, 0.2) is 0 Å². The number of carboxylic acids is 1. The van der Waals surface area contributed by atoms with Crippen LogP contribution in [0.1, 0.15) is 207 Å². The molecule has 0 heterocycles. The Hall–Kier alpha value is 1.07. The fraction of sp³-hybridized carbons (Fsp3) is 0.972. The third kappa shape index (κ3) is 32.0. The summed E-state index contributed by atoms with van der Waals surface area (Å²) in [5.41, 5.74) is 0. The first-order valence-corrected chi connectivity index (χ1v) is 18.1. The summed E-state index contributed by atoms with van der Waals surface area (Å²) in [7, 11) is 0. The minimum Gasteiger partial charge on any atom is -0.550 e. The molecule has 0 bridgehead atoms. The third-order valence-electron chi connectivity index (χ3n) is 8.64. The van der Waals surface area contributed by atoms with E-state index in [9.17, 15) is 9.90 Å². The zero-order chi connectivity index (χ0) is 28.7. The molecule has 0 amide bonds. The third-order valence-corrected chi connectivity index (χ3v) is 8.64. The summed E-state index contributed by atoms with van der Waals surface area (Å²) in [6, 6.07) is 0.162. The van der Waals surface area contributed by atoms with Gasteiger partial charge in [-0.3, -0.25) is 0 Å². The molecule has 0 radical (unpaired) electrons. The van der Waals surface area contributed by atoms with Crippen LogP contribution in [0.3, 0.4) is 0 Å². The summed E-state index contributed by atoms with van der Waals surface area (Å²) in [5.74, 6) is -0.880. The fourth-order valence-electron chi connectivity index (χ4n) is 6.08. The minimum atomic E-state index is -0.880. The van der Waals surface area contributed by atoms with Gasteiger partial charge < -0.3 is 14.8 Å². The number of aliphatic carboxylic acids is 1. The van der Waals surface area contributed by atoms with Crippen molar-refractivity contribution in [1.82, 2.24) is 4.90 Å². The largest absolute Gasteiger partial charge is 1.00 e. The van der Waals surface area contributed by atoms with Crippen molar-refractivity contribution in [2.24, 2.45) is 0 Å². The van der Waals surface area contributed by atoms with Gasteiger partial charge in [-0.05, 0) is 32.4 Å². The number of carbonyl (C=O) groups excluding carboxylic acids is 1. The Labute approximate surface area is 295 Å². The molecule has 4 heteroatoms. The molecule has 0 saturated heterocycles. The van der Waals surface area contributed by atoms with Crippen molar-refractivity contribution in [3.8, 4) is 0 Å². The van der Waals surface area contributed by atoms with E-state index in [1.807, 2.05) is 0 Å². The van der Waals surface area contributed by atoms with Gasteiger partial charge in [-0.2, -0.15) is 0 Å². The normalized spacial score (nSPS) is 12.1. The first-order valence-electron chi connectivity index (χ1n) is 18.1. The fourth-order valence-corrected chi connectivity index (χ4v) is 6.08. The number of carboxylic acid groups (broad SMARTS) is 1. The molecule has 1 unspecified atom stereocenters. The molecule has 0 fully saturated rings. The van der Waals surface area contributed by atoms with E-state index < -0.39 is 5.97 Å². The molecule has 0 aliphatic heterocycles. The topological polar surface area (TPSA) is 43.4 Å². The Morgan fingerprint density at radius 2 is 0.750 bits per heavy atom. The van der Waals surface area contributed by atoms with E-state index in [4.69, 9.17) is 0 Å². The van der Waals surface area contributed by atoms with Crippen molar-refractivity contribution in [3.05, 3.63) is 0 Å². The van der Waals surface area contributed by atoms with Crippen LogP contribution in [-0.4, -0.2) is 30.0 Å². The van der Waals surface area contributed by atoms with Crippen LogP contribution in [0, 0.1) is 0 Å². The van der Waals surface area contributed by atoms with E-state index in [2.05, 4.69) is 25.7 Å². The summed E-state index contributed by atoms with van der Waals surface area (Å²) in [5, 5.41) is 11.4. The Bertz CT molecular complexity index is 457. The Morgan fingerprint density at radius 1 is 0.475 bits per heavy atom. The maximum Gasteiger partial charge on any atom is 1.00 e. The first-order chi connectivity index (χ1) is 19.2. The summed E-state index contributed by atoms with van der Waals surface area (Å²) in [4.78, 5) is 13.9. The zero-order valence-corrected chi connectivity index (χ0v) is 31.4. The van der Waals surface area contributed by atoms with Crippen LogP contribution in [-0.2, 0) is 4.79 Å². The monoisotopic (exact) mass is 590 g/mol. The second-order valence-corrected chi connectivity index (χ2v) is 12.5. The molecule has 0 rings (SSSR count). The van der Waals surface area contributed by atoms with Gasteiger partial charge in [-0.15, -0.1) is 0 Å². The molecule has 0 aromatic rings. The molecule has 3 nitrogen and oxygen atoms in total. The van der Waals surface area contributed by atoms with E-state index in [1.165, 1.54) is 167 Å². The predicted molar refractivity (Wildman–Crippen MR) is 171 cm³/mol. The van der Waals surface area contributed by atoms with E-state index in [0.29, 0.717) is 0 Å². The van der Waals surface area contributed by atoms with Crippen LogP contribution < -0.4 is 56.5 Å². The minimum absolute atomic E-state index is 0. The molecular weight excluding hydrogens is 517 g/mol. The summed E-state index contributed by atoms with van der Waals surface area (Å²) < 4.78 is 0. The van der Waals surface area contributed by atoms with Gasteiger partial charge in [0.2, 0.25) is 0 Å². The van der Waals surface area contributed by atoms with E-state index in [-0.39, 0.29) is 63.8 Å². The number of unbranched alkanes of at least 4 members (excludes halogenated alkanes) is 24. The maximum atomic E-state index is 11.4. The van der Waals surface area contributed by atoms with Gasteiger partial charge in [0.25, 0.3) is 0 Å². The van der Waals surface area contributed by atoms with Crippen LogP contribution in [0.25, 0.3) is 0 Å². The number of nitrogens with zero attached hydrogens (tertiary/aromatic N) is 1. The summed E-state index contributed by atoms with van der Waals surface area (Å²) in [6.45, 7) is 8.88. The first kappa shape index (κ1) is 43.2. The average molecular weight is 590 g/mol. The molecular formula is C36H72KNO2. The second-order valence-electron chi connectivity index (χ2n) is 12.5. The van der Waals surface area contributed by atoms with Gasteiger partial charge in [0.1, 0.15) is 0 Å². The quantitative estimate of drug-likeness (QED) is 0.0580. The molecule has 0 saturated carbocycles. The van der Waals surface area contributed by atoms with E-state index in [1.54, 1.807) is 0 Å². The van der Waals surface area contributed by atoms with Gasteiger partial charge in [-0.25, -0.2) is 0 Å². The zero-order valence-electron chi connectivity index (χ0n) is 28.3. The standard InChI is InChI=1S/C36H73NO2.K/c1-4-7-9-11-13-15-17-19-21-23-25-27-29-32-37(35(31-6-3)34-36(38)39)33-30-28-26-24-22-20-18-16-14-12-10-8-5-2;/h35H,4-34H2,1-3H3,(H,38,39);/q;+1/p-1. The van der Waals surface area contributed by atoms with Crippen molar-refractivity contribution in [1.29, 1.82) is 0 Å². The van der Waals surface area contributed by atoms with Crippen molar-refractivity contribution in [2.45, 2.75) is 213 Å². The Balaban J connectivity index is 0. The SMILES string of the molecule is CCCCCCCCCCCCCCCN(CCCCCCCCCCCCCCC)C(CCC)CC(=O)[O-].[K+]. The van der Waals surface area contributed by atoms with Crippen LogP contribution in [0.4, 0.5) is 0 Å². The molecule has 1 atom stereocenters. The van der Waals surface area contributed by atoms with E-state index in [0.717, 1.165) is 25.9 Å². The van der Waals surface area contributed by atoms with E-state index >= 15 is 0 Å². The average Bonchev–Trinajstić information content (AvgIpc) is 2.92. The number of hydrogen-bond acceptors (Lipinski definition) is 3. The predicted octanol–water partition coefficient (Wildman–Crippen LogP) is 7.78. The number of carbonyl (C=O) groups is 1. The van der Waals surface area contributed by atoms with Crippen LogP contribution >= 0.6 is 0 Å². The molecule has 0 aliphatic rings. The molecule has 40 heavy (non-hydrogen) atoms. The van der Waals surface area contributed by atoms with Crippen LogP contribution in [0.5, 0.6) is 0 Å². The van der Waals surface area contributed by atoms with Crippen molar-refractivity contribution in [3.63, 3.8) is 0 Å². The molecule has 0 spiro atoms. The number of hydrogen-bond donors (Lipinski definition) is 0. The van der Waals surface area contributed by atoms with Gasteiger partial charge >= 0.3 is 51.4 Å². The van der Waals surface area contributed by atoms with Crippen LogP contribution in [0.15, 0.2) is 0 Å². The number of rotatable bonds is 33. The maximum absolute atomic E-state index is 11.4. The molecule has 0 N–H and O–H groups in total. The van der Waals surface area contributed by atoms with Crippen molar-refractivity contribution < 1.29 is 61.3 Å². The molecule has 0 aromatic carbocycles. The van der Waals surface area contributed by atoms with Crippen molar-refractivity contribution >= 4 is 5.97 Å². The summed E-state index contributed by atoms with van der Waals surface area (Å²) >= 11 is 0.